The molecule has 0 spiro atoms. The van der Waals surface area contributed by atoms with Gasteiger partial charge in [0.1, 0.15) is 11.9 Å². The van der Waals surface area contributed by atoms with Gasteiger partial charge in [0.05, 0.1) is 5.02 Å². The Labute approximate surface area is 157 Å². The monoisotopic (exact) mass is 374 g/mol. The fourth-order valence-electron chi connectivity index (χ4n) is 3.16. The molecule has 0 aromatic heterocycles. The van der Waals surface area contributed by atoms with Gasteiger partial charge in [-0.2, -0.15) is 0 Å². The van der Waals surface area contributed by atoms with E-state index in [0.29, 0.717) is 31.6 Å². The average Bonchev–Trinajstić information content (AvgIpc) is 2.65. The van der Waals surface area contributed by atoms with E-state index in [1.54, 1.807) is 16.7 Å². The van der Waals surface area contributed by atoms with E-state index in [9.17, 15) is 14.0 Å². The molecule has 1 atom stereocenters. The van der Waals surface area contributed by atoms with E-state index in [1.165, 1.54) is 18.2 Å². The average molecular weight is 375 g/mol. The van der Waals surface area contributed by atoms with Gasteiger partial charge in [-0.15, -0.1) is 0 Å². The van der Waals surface area contributed by atoms with Gasteiger partial charge in [0.15, 0.2) is 0 Å². The maximum Gasteiger partial charge on any atom is 0.249 e. The normalized spacial score (nSPS) is 17.5. The molecule has 0 N–H and O–H groups in total. The highest BCUT2D eigenvalue weighted by Gasteiger charge is 2.34. The SMILES string of the molecule is C[C@@H]1C(=O)N(c2ccc(F)c(Cl)c2)CCN1C(=O)CCc1ccccc1. The summed E-state index contributed by atoms with van der Waals surface area (Å²) in [5, 5.41) is -0.0238. The Hall–Kier alpha value is -2.40. The van der Waals surface area contributed by atoms with Crippen molar-refractivity contribution in [2.24, 2.45) is 0 Å². The molecule has 1 fully saturated rings. The molecule has 3 rings (SSSR count). The molecule has 0 radical (unpaired) electrons. The molecule has 136 valence electrons. The third-order valence-electron chi connectivity index (χ3n) is 4.66. The molecule has 2 aromatic carbocycles. The van der Waals surface area contributed by atoms with Crippen molar-refractivity contribution in [3.8, 4) is 0 Å². The van der Waals surface area contributed by atoms with Crippen molar-refractivity contribution < 1.29 is 14.0 Å². The van der Waals surface area contributed by atoms with E-state index in [1.807, 2.05) is 30.3 Å². The zero-order valence-electron chi connectivity index (χ0n) is 14.5. The van der Waals surface area contributed by atoms with E-state index in [0.717, 1.165) is 5.56 Å². The van der Waals surface area contributed by atoms with Gasteiger partial charge in [0, 0.05) is 25.2 Å². The molecular formula is C20H20ClFN2O2. The maximum absolute atomic E-state index is 13.3. The summed E-state index contributed by atoms with van der Waals surface area (Å²) in [6.45, 7) is 2.53. The van der Waals surface area contributed by atoms with Crippen LogP contribution in [0, 0.1) is 5.82 Å². The Balaban J connectivity index is 1.65. The lowest BCUT2D eigenvalue weighted by atomic mass is 10.1. The highest BCUT2D eigenvalue weighted by Crippen LogP contribution is 2.26. The summed E-state index contributed by atoms with van der Waals surface area (Å²) in [4.78, 5) is 28.4. The van der Waals surface area contributed by atoms with Crippen molar-refractivity contribution in [2.75, 3.05) is 18.0 Å². The zero-order valence-corrected chi connectivity index (χ0v) is 15.2. The van der Waals surface area contributed by atoms with Crippen LogP contribution in [0.3, 0.4) is 0 Å². The van der Waals surface area contributed by atoms with Crippen molar-refractivity contribution in [3.63, 3.8) is 0 Å². The van der Waals surface area contributed by atoms with Crippen LogP contribution in [0.1, 0.15) is 18.9 Å². The lowest BCUT2D eigenvalue weighted by Gasteiger charge is -2.39. The van der Waals surface area contributed by atoms with E-state index in [2.05, 4.69) is 0 Å². The summed E-state index contributed by atoms with van der Waals surface area (Å²) >= 11 is 5.82. The first-order valence-corrected chi connectivity index (χ1v) is 8.95. The number of aryl methyl sites for hydroxylation is 1. The number of hydrogen-bond donors (Lipinski definition) is 0. The van der Waals surface area contributed by atoms with Gasteiger partial charge in [-0.05, 0) is 37.1 Å². The highest BCUT2D eigenvalue weighted by molar-refractivity contribution is 6.31. The van der Waals surface area contributed by atoms with Crippen molar-refractivity contribution >= 4 is 29.1 Å². The topological polar surface area (TPSA) is 40.6 Å². The molecule has 0 saturated carbocycles. The highest BCUT2D eigenvalue weighted by atomic mass is 35.5. The number of nitrogens with zero attached hydrogens (tertiary/aromatic N) is 2. The molecule has 1 aliphatic rings. The van der Waals surface area contributed by atoms with Crippen molar-refractivity contribution in [1.29, 1.82) is 0 Å². The van der Waals surface area contributed by atoms with Crippen LogP contribution in [0.4, 0.5) is 10.1 Å². The number of amides is 2. The Bertz CT molecular complexity index is 813. The van der Waals surface area contributed by atoms with Gasteiger partial charge < -0.3 is 9.80 Å². The Morgan fingerprint density at radius 3 is 2.62 bits per heavy atom. The minimum absolute atomic E-state index is 0.0238. The zero-order chi connectivity index (χ0) is 18.7. The third kappa shape index (κ3) is 3.88. The Morgan fingerprint density at radius 2 is 1.92 bits per heavy atom. The summed E-state index contributed by atoms with van der Waals surface area (Å²) < 4.78 is 13.3. The predicted molar refractivity (Wildman–Crippen MR) is 99.7 cm³/mol. The number of carbonyl (C=O) groups excluding carboxylic acids is 2. The van der Waals surface area contributed by atoms with Crippen LogP contribution >= 0.6 is 11.6 Å². The minimum Gasteiger partial charge on any atom is -0.329 e. The van der Waals surface area contributed by atoms with Crippen molar-refractivity contribution in [1.82, 2.24) is 4.90 Å². The lowest BCUT2D eigenvalue weighted by molar-refractivity contribution is -0.140. The van der Waals surface area contributed by atoms with Crippen LogP contribution in [0.5, 0.6) is 0 Å². The van der Waals surface area contributed by atoms with E-state index in [-0.39, 0.29) is 16.8 Å². The molecule has 2 amide bonds. The lowest BCUT2D eigenvalue weighted by Crippen LogP contribution is -2.57. The van der Waals surface area contributed by atoms with Gasteiger partial charge >= 0.3 is 0 Å². The fourth-order valence-corrected chi connectivity index (χ4v) is 3.33. The molecular weight excluding hydrogens is 355 g/mol. The Morgan fingerprint density at radius 1 is 1.19 bits per heavy atom. The third-order valence-corrected chi connectivity index (χ3v) is 4.95. The summed E-state index contributed by atoms with van der Waals surface area (Å²) in [5.74, 6) is -0.746. The summed E-state index contributed by atoms with van der Waals surface area (Å²) in [6.07, 6.45) is 1.01. The molecule has 1 saturated heterocycles. The number of halogens is 2. The Kier molecular flexibility index (Phi) is 5.57. The molecule has 2 aromatic rings. The second-order valence-electron chi connectivity index (χ2n) is 6.34. The largest absolute Gasteiger partial charge is 0.329 e. The van der Waals surface area contributed by atoms with Crippen molar-refractivity contribution in [3.05, 3.63) is 64.9 Å². The van der Waals surface area contributed by atoms with E-state index < -0.39 is 11.9 Å². The quantitative estimate of drug-likeness (QED) is 0.819. The number of hydrogen-bond acceptors (Lipinski definition) is 2. The molecule has 4 nitrogen and oxygen atoms in total. The predicted octanol–water partition coefficient (Wildman–Crippen LogP) is 3.68. The van der Waals surface area contributed by atoms with Gasteiger partial charge in [-0.25, -0.2) is 4.39 Å². The van der Waals surface area contributed by atoms with Gasteiger partial charge in [-0.1, -0.05) is 41.9 Å². The number of benzene rings is 2. The van der Waals surface area contributed by atoms with Crippen LogP contribution in [0.2, 0.25) is 5.02 Å². The molecule has 1 aliphatic heterocycles. The first kappa shape index (κ1) is 18.4. The molecule has 0 aliphatic carbocycles. The second-order valence-corrected chi connectivity index (χ2v) is 6.74. The number of anilines is 1. The summed E-state index contributed by atoms with van der Waals surface area (Å²) in [7, 11) is 0. The van der Waals surface area contributed by atoms with E-state index >= 15 is 0 Å². The summed E-state index contributed by atoms with van der Waals surface area (Å²) in [6, 6.07) is 13.4. The van der Waals surface area contributed by atoms with Gasteiger partial charge in [0.25, 0.3) is 0 Å². The molecule has 0 bridgehead atoms. The van der Waals surface area contributed by atoms with Crippen LogP contribution < -0.4 is 4.90 Å². The number of rotatable bonds is 4. The summed E-state index contributed by atoms with van der Waals surface area (Å²) in [5.41, 5.74) is 1.64. The van der Waals surface area contributed by atoms with Gasteiger partial charge in [0.2, 0.25) is 11.8 Å². The molecule has 26 heavy (non-hydrogen) atoms. The molecule has 0 unspecified atom stereocenters. The molecule has 6 heteroatoms. The van der Waals surface area contributed by atoms with Gasteiger partial charge in [-0.3, -0.25) is 9.59 Å². The number of piperazine rings is 1. The maximum atomic E-state index is 13.3. The molecule has 1 heterocycles. The standard InChI is InChI=1S/C20H20ClFN2O2/c1-14-20(26)24(16-8-9-18(22)17(21)13-16)12-11-23(14)19(25)10-7-15-5-3-2-4-6-15/h2-6,8-9,13-14H,7,10-12H2,1H3/t14-/m1/s1. The smallest absolute Gasteiger partial charge is 0.249 e. The minimum atomic E-state index is -0.559. The van der Waals surface area contributed by atoms with Crippen LogP contribution in [-0.4, -0.2) is 35.8 Å². The van der Waals surface area contributed by atoms with Crippen LogP contribution in [-0.2, 0) is 16.0 Å². The second kappa shape index (κ2) is 7.87. The first-order chi connectivity index (χ1) is 12.5. The van der Waals surface area contributed by atoms with Crippen LogP contribution in [0.15, 0.2) is 48.5 Å². The van der Waals surface area contributed by atoms with Crippen LogP contribution in [0.25, 0.3) is 0 Å². The van der Waals surface area contributed by atoms with E-state index in [4.69, 9.17) is 11.6 Å². The number of carbonyl (C=O) groups is 2. The fraction of sp³-hybridized carbons (Fsp3) is 0.300. The first-order valence-electron chi connectivity index (χ1n) is 8.57. The van der Waals surface area contributed by atoms with Crippen molar-refractivity contribution in [2.45, 2.75) is 25.8 Å².